The maximum Gasteiger partial charge on any atom is 0.315 e. The first kappa shape index (κ1) is 14.7. The van der Waals surface area contributed by atoms with Gasteiger partial charge in [-0.2, -0.15) is 0 Å². The van der Waals surface area contributed by atoms with Crippen molar-refractivity contribution >= 4 is 6.03 Å². The summed E-state index contributed by atoms with van der Waals surface area (Å²) in [4.78, 5) is 13.9. The lowest BCUT2D eigenvalue weighted by molar-refractivity contribution is 0.226. The predicted octanol–water partition coefficient (Wildman–Crippen LogP) is 0.530. The van der Waals surface area contributed by atoms with Crippen LogP contribution in [0, 0.1) is 5.82 Å². The average Bonchev–Trinajstić information content (AvgIpc) is 2.48. The maximum absolute atomic E-state index is 12.7. The first-order chi connectivity index (χ1) is 9.74. The number of halogens is 1. The fraction of sp³-hybridized carbons (Fsp3) is 0.500. The Morgan fingerprint density at radius 1 is 1.20 bits per heavy atom. The molecule has 0 bridgehead atoms. The van der Waals surface area contributed by atoms with Gasteiger partial charge in [0.15, 0.2) is 0 Å². The molecule has 1 aromatic carbocycles. The SMILES string of the molecule is O=C(NCCN1CCNCC1)NCc1ccc(F)cc1. The Kier molecular flexibility index (Phi) is 5.76. The lowest BCUT2D eigenvalue weighted by atomic mass is 10.2. The lowest BCUT2D eigenvalue weighted by Crippen LogP contribution is -2.47. The molecule has 2 rings (SSSR count). The number of nitrogens with one attached hydrogen (secondary N) is 3. The molecule has 0 spiro atoms. The average molecular weight is 280 g/mol. The van der Waals surface area contributed by atoms with E-state index in [9.17, 15) is 9.18 Å². The van der Waals surface area contributed by atoms with Crippen LogP contribution in [-0.2, 0) is 6.54 Å². The van der Waals surface area contributed by atoms with Gasteiger partial charge in [-0.25, -0.2) is 9.18 Å². The van der Waals surface area contributed by atoms with Gasteiger partial charge in [-0.15, -0.1) is 0 Å². The third-order valence-corrected chi connectivity index (χ3v) is 3.29. The van der Waals surface area contributed by atoms with Crippen LogP contribution in [0.5, 0.6) is 0 Å². The summed E-state index contributed by atoms with van der Waals surface area (Å²) in [6.07, 6.45) is 0. The molecule has 0 atom stereocenters. The van der Waals surface area contributed by atoms with E-state index in [4.69, 9.17) is 0 Å². The number of rotatable bonds is 5. The molecule has 20 heavy (non-hydrogen) atoms. The number of benzene rings is 1. The highest BCUT2D eigenvalue weighted by Gasteiger charge is 2.09. The van der Waals surface area contributed by atoms with Crippen LogP contribution < -0.4 is 16.0 Å². The van der Waals surface area contributed by atoms with Gasteiger partial charge in [0.2, 0.25) is 0 Å². The van der Waals surface area contributed by atoms with Gasteiger partial charge in [0.05, 0.1) is 0 Å². The van der Waals surface area contributed by atoms with Crippen LogP contribution in [-0.4, -0.2) is 50.2 Å². The number of hydrogen-bond acceptors (Lipinski definition) is 3. The van der Waals surface area contributed by atoms with E-state index >= 15 is 0 Å². The summed E-state index contributed by atoms with van der Waals surface area (Å²) < 4.78 is 12.7. The van der Waals surface area contributed by atoms with E-state index < -0.39 is 0 Å². The monoisotopic (exact) mass is 280 g/mol. The third kappa shape index (κ3) is 5.14. The fourth-order valence-corrected chi connectivity index (χ4v) is 2.11. The number of hydrogen-bond donors (Lipinski definition) is 3. The largest absolute Gasteiger partial charge is 0.337 e. The zero-order valence-electron chi connectivity index (χ0n) is 11.5. The molecule has 110 valence electrons. The molecule has 1 aliphatic rings. The number of piperazine rings is 1. The van der Waals surface area contributed by atoms with Gasteiger partial charge >= 0.3 is 6.03 Å². The third-order valence-electron chi connectivity index (χ3n) is 3.29. The minimum Gasteiger partial charge on any atom is -0.337 e. The first-order valence-corrected chi connectivity index (χ1v) is 6.93. The lowest BCUT2D eigenvalue weighted by Gasteiger charge is -2.27. The van der Waals surface area contributed by atoms with Crippen molar-refractivity contribution < 1.29 is 9.18 Å². The standard InChI is InChI=1S/C14H21FN4O/c15-13-3-1-12(2-4-13)11-18-14(20)17-7-10-19-8-5-16-6-9-19/h1-4,16H,5-11H2,(H2,17,18,20). The van der Waals surface area contributed by atoms with Crippen molar-refractivity contribution in [3.05, 3.63) is 35.6 Å². The number of carbonyl (C=O) groups is 1. The Morgan fingerprint density at radius 2 is 1.90 bits per heavy atom. The van der Waals surface area contributed by atoms with Gasteiger partial charge in [0, 0.05) is 45.8 Å². The van der Waals surface area contributed by atoms with E-state index in [1.807, 2.05) is 0 Å². The molecule has 0 saturated carbocycles. The molecule has 5 nitrogen and oxygen atoms in total. The van der Waals surface area contributed by atoms with Gasteiger partial charge in [-0.1, -0.05) is 12.1 Å². The van der Waals surface area contributed by atoms with E-state index in [0.717, 1.165) is 38.3 Å². The second-order valence-corrected chi connectivity index (χ2v) is 4.83. The van der Waals surface area contributed by atoms with Crippen molar-refractivity contribution in [1.29, 1.82) is 0 Å². The molecule has 0 aliphatic carbocycles. The van der Waals surface area contributed by atoms with Crippen molar-refractivity contribution in [3.63, 3.8) is 0 Å². The molecular formula is C14H21FN4O. The van der Waals surface area contributed by atoms with Crippen molar-refractivity contribution in [2.45, 2.75) is 6.54 Å². The Bertz CT molecular complexity index is 418. The Hall–Kier alpha value is -1.66. The molecule has 1 saturated heterocycles. The Labute approximate surface area is 118 Å². The summed E-state index contributed by atoms with van der Waals surface area (Å²) in [6, 6.07) is 5.91. The van der Waals surface area contributed by atoms with E-state index in [-0.39, 0.29) is 11.8 Å². The second kappa shape index (κ2) is 7.81. The van der Waals surface area contributed by atoms with Crippen LogP contribution in [0.25, 0.3) is 0 Å². The van der Waals surface area contributed by atoms with Crippen molar-refractivity contribution in [2.75, 3.05) is 39.3 Å². The highest BCUT2D eigenvalue weighted by atomic mass is 19.1. The minimum absolute atomic E-state index is 0.190. The summed E-state index contributed by atoms with van der Waals surface area (Å²) in [6.45, 7) is 5.98. The van der Waals surface area contributed by atoms with Crippen molar-refractivity contribution in [2.24, 2.45) is 0 Å². The van der Waals surface area contributed by atoms with Crippen molar-refractivity contribution in [3.8, 4) is 0 Å². The van der Waals surface area contributed by atoms with Gasteiger partial charge < -0.3 is 16.0 Å². The fourth-order valence-electron chi connectivity index (χ4n) is 2.11. The summed E-state index contributed by atoms with van der Waals surface area (Å²) >= 11 is 0. The summed E-state index contributed by atoms with van der Waals surface area (Å²) in [5.74, 6) is -0.269. The van der Waals surface area contributed by atoms with E-state index in [1.54, 1.807) is 12.1 Å². The number of urea groups is 1. The molecule has 1 aliphatic heterocycles. The van der Waals surface area contributed by atoms with E-state index in [1.165, 1.54) is 12.1 Å². The molecule has 6 heteroatoms. The first-order valence-electron chi connectivity index (χ1n) is 6.93. The van der Waals surface area contributed by atoms with Crippen LogP contribution in [0.3, 0.4) is 0 Å². The maximum atomic E-state index is 12.7. The van der Waals surface area contributed by atoms with Crippen LogP contribution in [0.1, 0.15) is 5.56 Å². The molecular weight excluding hydrogens is 259 g/mol. The Balaban J connectivity index is 1.59. The molecule has 0 aromatic heterocycles. The molecule has 1 heterocycles. The normalized spacial score (nSPS) is 15.8. The summed E-state index contributed by atoms with van der Waals surface area (Å²) in [5, 5.41) is 8.87. The number of amides is 2. The van der Waals surface area contributed by atoms with Crippen molar-refractivity contribution in [1.82, 2.24) is 20.9 Å². The molecule has 1 fully saturated rings. The van der Waals surface area contributed by atoms with Gasteiger partial charge in [0.25, 0.3) is 0 Å². The number of nitrogens with zero attached hydrogens (tertiary/aromatic N) is 1. The van der Waals surface area contributed by atoms with Crippen LogP contribution >= 0.6 is 0 Å². The predicted molar refractivity (Wildman–Crippen MR) is 75.9 cm³/mol. The zero-order chi connectivity index (χ0) is 14.2. The zero-order valence-corrected chi connectivity index (χ0v) is 11.5. The second-order valence-electron chi connectivity index (χ2n) is 4.83. The smallest absolute Gasteiger partial charge is 0.315 e. The van der Waals surface area contributed by atoms with E-state index in [0.29, 0.717) is 13.1 Å². The molecule has 1 aromatic rings. The summed E-state index contributed by atoms with van der Waals surface area (Å²) in [5.41, 5.74) is 0.878. The summed E-state index contributed by atoms with van der Waals surface area (Å²) in [7, 11) is 0. The van der Waals surface area contributed by atoms with Gasteiger partial charge in [-0.3, -0.25) is 4.90 Å². The molecule has 3 N–H and O–H groups in total. The van der Waals surface area contributed by atoms with Gasteiger partial charge in [-0.05, 0) is 17.7 Å². The van der Waals surface area contributed by atoms with E-state index in [2.05, 4.69) is 20.9 Å². The molecule has 0 radical (unpaired) electrons. The highest BCUT2D eigenvalue weighted by molar-refractivity contribution is 5.73. The number of carbonyl (C=O) groups excluding carboxylic acids is 1. The van der Waals surface area contributed by atoms with Crippen LogP contribution in [0.15, 0.2) is 24.3 Å². The van der Waals surface area contributed by atoms with Crippen LogP contribution in [0.2, 0.25) is 0 Å². The Morgan fingerprint density at radius 3 is 2.60 bits per heavy atom. The molecule has 2 amide bonds. The highest BCUT2D eigenvalue weighted by Crippen LogP contribution is 2.01. The quantitative estimate of drug-likeness (QED) is 0.737. The van der Waals surface area contributed by atoms with Gasteiger partial charge in [0.1, 0.15) is 5.82 Å². The van der Waals surface area contributed by atoms with Crippen LogP contribution in [0.4, 0.5) is 9.18 Å². The topological polar surface area (TPSA) is 56.4 Å². The molecule has 0 unspecified atom stereocenters. The minimum atomic E-state index is -0.269.